The van der Waals surface area contributed by atoms with Gasteiger partial charge in [0.2, 0.25) is 5.91 Å². The minimum atomic E-state index is -0.481. The van der Waals surface area contributed by atoms with Crippen molar-refractivity contribution in [3.05, 3.63) is 65.5 Å². The molecule has 1 amide bonds. The van der Waals surface area contributed by atoms with Gasteiger partial charge in [0.05, 0.1) is 5.69 Å². The highest BCUT2D eigenvalue weighted by Gasteiger charge is 2.27. The predicted molar refractivity (Wildman–Crippen MR) is 135 cm³/mol. The summed E-state index contributed by atoms with van der Waals surface area (Å²) in [6, 6.07) is 13.8. The number of amides is 1. The number of nitrogens with zero attached hydrogens (tertiary/aromatic N) is 3. The Balaban J connectivity index is 1.27. The Labute approximate surface area is 206 Å². The standard InChI is InChI=1S/C27H33N5O3/c1-2-3-4-5-6-7-8-10-20-13-15-21(16-14-20)17-18-25(33)28-22-11-9-12-23-26(22)35-24(19-34-23)27-29-31-32-30-27/h9,11-18,24H,2-8,10,19H2,1H3,(H,28,33)(H,29,30,31,32)/b18-17+. The first-order valence-corrected chi connectivity index (χ1v) is 12.5. The number of unbranched alkanes of at least 4 members (excludes halogenated alkanes) is 6. The summed E-state index contributed by atoms with van der Waals surface area (Å²) < 4.78 is 11.8. The zero-order valence-corrected chi connectivity index (χ0v) is 20.2. The van der Waals surface area contributed by atoms with Crippen LogP contribution in [-0.4, -0.2) is 33.1 Å². The molecular formula is C27H33N5O3. The number of anilines is 1. The molecule has 1 aliphatic rings. The van der Waals surface area contributed by atoms with Gasteiger partial charge in [-0.1, -0.05) is 75.8 Å². The zero-order valence-electron chi connectivity index (χ0n) is 20.2. The maximum Gasteiger partial charge on any atom is 0.248 e. The molecule has 0 fully saturated rings. The summed E-state index contributed by atoms with van der Waals surface area (Å²) in [4.78, 5) is 12.6. The van der Waals surface area contributed by atoms with E-state index in [2.05, 4.69) is 57.1 Å². The quantitative estimate of drug-likeness (QED) is 0.259. The fourth-order valence-electron chi connectivity index (χ4n) is 4.06. The molecule has 1 unspecified atom stereocenters. The lowest BCUT2D eigenvalue weighted by atomic mass is 10.0. The predicted octanol–water partition coefficient (Wildman–Crippen LogP) is 5.66. The van der Waals surface area contributed by atoms with Crippen molar-refractivity contribution in [2.24, 2.45) is 0 Å². The van der Waals surface area contributed by atoms with Gasteiger partial charge in [-0.25, -0.2) is 5.10 Å². The molecular weight excluding hydrogens is 442 g/mol. The number of carbonyl (C=O) groups is 1. The van der Waals surface area contributed by atoms with Crippen LogP contribution in [0.25, 0.3) is 6.08 Å². The third-order valence-electron chi connectivity index (χ3n) is 6.03. The lowest BCUT2D eigenvalue weighted by molar-refractivity contribution is -0.111. The number of nitrogens with one attached hydrogen (secondary N) is 2. The van der Waals surface area contributed by atoms with Gasteiger partial charge in [0.15, 0.2) is 23.4 Å². The second kappa shape index (κ2) is 12.7. The van der Waals surface area contributed by atoms with Crippen LogP contribution in [-0.2, 0) is 11.2 Å². The van der Waals surface area contributed by atoms with Crippen LogP contribution in [0.2, 0.25) is 0 Å². The van der Waals surface area contributed by atoms with Crippen molar-refractivity contribution in [3.63, 3.8) is 0 Å². The number of tetrazole rings is 1. The van der Waals surface area contributed by atoms with E-state index in [0.717, 1.165) is 12.0 Å². The van der Waals surface area contributed by atoms with Gasteiger partial charge in [0, 0.05) is 6.08 Å². The van der Waals surface area contributed by atoms with Gasteiger partial charge >= 0.3 is 0 Å². The van der Waals surface area contributed by atoms with Crippen molar-refractivity contribution in [1.82, 2.24) is 20.6 Å². The first-order valence-electron chi connectivity index (χ1n) is 12.5. The highest BCUT2D eigenvalue weighted by atomic mass is 16.6. The summed E-state index contributed by atoms with van der Waals surface area (Å²) in [5.74, 6) is 1.23. The largest absolute Gasteiger partial charge is 0.485 e. The van der Waals surface area contributed by atoms with Crippen molar-refractivity contribution < 1.29 is 14.3 Å². The molecule has 184 valence electrons. The van der Waals surface area contributed by atoms with Crippen LogP contribution in [0.15, 0.2) is 48.5 Å². The van der Waals surface area contributed by atoms with E-state index in [1.807, 2.05) is 12.1 Å². The molecule has 3 aromatic rings. The molecule has 1 aliphatic heterocycles. The normalized spacial score (nSPS) is 14.8. The summed E-state index contributed by atoms with van der Waals surface area (Å²) in [6.07, 6.45) is 13.2. The smallest absolute Gasteiger partial charge is 0.248 e. The molecule has 1 aromatic heterocycles. The van der Waals surface area contributed by atoms with E-state index in [-0.39, 0.29) is 12.5 Å². The fraction of sp³-hybridized carbons (Fsp3) is 0.407. The molecule has 0 bridgehead atoms. The summed E-state index contributed by atoms with van der Waals surface area (Å²) >= 11 is 0. The maximum atomic E-state index is 12.6. The Bertz CT molecular complexity index is 1100. The minimum absolute atomic E-state index is 0.252. The second-order valence-electron chi connectivity index (χ2n) is 8.77. The first kappa shape index (κ1) is 24.4. The van der Waals surface area contributed by atoms with Crippen molar-refractivity contribution >= 4 is 17.7 Å². The number of rotatable bonds is 12. The van der Waals surface area contributed by atoms with Gasteiger partial charge in [-0.05, 0) is 52.6 Å². The molecule has 8 nitrogen and oxygen atoms in total. The molecule has 2 heterocycles. The van der Waals surface area contributed by atoms with Crippen molar-refractivity contribution in [2.75, 3.05) is 11.9 Å². The minimum Gasteiger partial charge on any atom is -0.485 e. The van der Waals surface area contributed by atoms with E-state index in [1.165, 1.54) is 56.6 Å². The summed E-state index contributed by atoms with van der Waals surface area (Å²) in [7, 11) is 0. The third kappa shape index (κ3) is 7.15. The number of aryl methyl sites for hydroxylation is 1. The summed E-state index contributed by atoms with van der Waals surface area (Å²) in [5.41, 5.74) is 2.85. The van der Waals surface area contributed by atoms with Crippen LogP contribution in [0, 0.1) is 0 Å². The van der Waals surface area contributed by atoms with Gasteiger partial charge in [0.1, 0.15) is 6.61 Å². The Morgan fingerprint density at radius 2 is 1.89 bits per heavy atom. The van der Waals surface area contributed by atoms with E-state index in [9.17, 15) is 4.79 Å². The molecule has 35 heavy (non-hydrogen) atoms. The molecule has 2 aromatic carbocycles. The number of fused-ring (bicyclic) bond motifs is 1. The molecule has 0 saturated heterocycles. The van der Waals surface area contributed by atoms with Gasteiger partial charge in [-0.2, -0.15) is 0 Å². The average Bonchev–Trinajstić information content (AvgIpc) is 3.43. The van der Waals surface area contributed by atoms with Gasteiger partial charge in [-0.3, -0.25) is 4.79 Å². The molecule has 0 saturated carbocycles. The number of para-hydroxylation sites is 1. The molecule has 4 rings (SSSR count). The van der Waals surface area contributed by atoms with E-state index in [0.29, 0.717) is 23.0 Å². The number of ether oxygens (including phenoxy) is 2. The summed E-state index contributed by atoms with van der Waals surface area (Å²) in [5, 5.41) is 16.6. The molecule has 8 heteroatoms. The van der Waals surface area contributed by atoms with Gasteiger partial charge in [0.25, 0.3) is 0 Å². The average molecular weight is 476 g/mol. The van der Waals surface area contributed by atoms with E-state index in [4.69, 9.17) is 9.47 Å². The number of hydrogen-bond donors (Lipinski definition) is 2. The molecule has 2 N–H and O–H groups in total. The lowest BCUT2D eigenvalue weighted by Gasteiger charge is -2.26. The Morgan fingerprint density at radius 3 is 2.66 bits per heavy atom. The first-order chi connectivity index (χ1) is 17.2. The van der Waals surface area contributed by atoms with E-state index in [1.54, 1.807) is 12.1 Å². The SMILES string of the molecule is CCCCCCCCCc1ccc(/C=C/C(=O)Nc2cccc3c2OC(c2nnn[nH]2)CO3)cc1. The van der Waals surface area contributed by atoms with Crippen LogP contribution in [0.5, 0.6) is 11.5 Å². The lowest BCUT2D eigenvalue weighted by Crippen LogP contribution is -2.24. The highest BCUT2D eigenvalue weighted by Crippen LogP contribution is 2.41. The van der Waals surface area contributed by atoms with Crippen LogP contribution >= 0.6 is 0 Å². The zero-order chi connectivity index (χ0) is 24.3. The van der Waals surface area contributed by atoms with Crippen LogP contribution in [0.1, 0.15) is 74.9 Å². The van der Waals surface area contributed by atoms with Crippen LogP contribution in [0.4, 0.5) is 5.69 Å². The number of aromatic amines is 1. The van der Waals surface area contributed by atoms with Gasteiger partial charge < -0.3 is 14.8 Å². The molecule has 0 aliphatic carbocycles. The monoisotopic (exact) mass is 475 g/mol. The molecule has 0 radical (unpaired) electrons. The van der Waals surface area contributed by atoms with Crippen molar-refractivity contribution in [3.8, 4) is 11.5 Å². The maximum absolute atomic E-state index is 12.6. The molecule has 1 atom stereocenters. The van der Waals surface area contributed by atoms with Crippen molar-refractivity contribution in [2.45, 2.75) is 64.4 Å². The van der Waals surface area contributed by atoms with Crippen LogP contribution in [0.3, 0.4) is 0 Å². The fourth-order valence-corrected chi connectivity index (χ4v) is 4.06. The second-order valence-corrected chi connectivity index (χ2v) is 8.77. The number of carbonyl (C=O) groups excluding carboxylic acids is 1. The summed E-state index contributed by atoms with van der Waals surface area (Å²) in [6.45, 7) is 2.52. The van der Waals surface area contributed by atoms with E-state index >= 15 is 0 Å². The third-order valence-corrected chi connectivity index (χ3v) is 6.03. The Kier molecular flexibility index (Phi) is 8.86. The van der Waals surface area contributed by atoms with Gasteiger partial charge in [-0.15, -0.1) is 5.10 Å². The topological polar surface area (TPSA) is 102 Å². The number of hydrogen-bond acceptors (Lipinski definition) is 6. The molecule has 0 spiro atoms. The Morgan fingerprint density at radius 1 is 1.09 bits per heavy atom. The number of H-pyrrole nitrogens is 1. The number of aromatic nitrogens is 4. The van der Waals surface area contributed by atoms with Crippen LogP contribution < -0.4 is 14.8 Å². The van der Waals surface area contributed by atoms with Crippen molar-refractivity contribution in [1.29, 1.82) is 0 Å². The highest BCUT2D eigenvalue weighted by molar-refractivity contribution is 6.03. The number of benzene rings is 2. The van der Waals surface area contributed by atoms with E-state index < -0.39 is 6.10 Å². The Hall–Kier alpha value is -3.68.